The van der Waals surface area contributed by atoms with Crippen molar-refractivity contribution in [2.75, 3.05) is 29.2 Å². The van der Waals surface area contributed by atoms with Crippen LogP contribution in [0.3, 0.4) is 0 Å². The summed E-state index contributed by atoms with van der Waals surface area (Å²) in [5.41, 5.74) is 0. The van der Waals surface area contributed by atoms with E-state index in [0.29, 0.717) is 17.8 Å². The molecule has 114 valence electrons. The third-order valence-electron chi connectivity index (χ3n) is 2.66. The molecule has 2 heterocycles. The van der Waals surface area contributed by atoms with Crippen LogP contribution in [0.15, 0.2) is 18.5 Å². The van der Waals surface area contributed by atoms with E-state index in [0.717, 1.165) is 18.7 Å². The minimum Gasteiger partial charge on any atom is -0.354 e. The van der Waals surface area contributed by atoms with E-state index >= 15 is 0 Å². The van der Waals surface area contributed by atoms with Crippen molar-refractivity contribution in [3.63, 3.8) is 0 Å². The zero-order chi connectivity index (χ0) is 15.1. The first-order valence-electron chi connectivity index (χ1n) is 6.98. The number of nitrogens with zero attached hydrogens (tertiary/aromatic N) is 5. The summed E-state index contributed by atoms with van der Waals surface area (Å²) in [6.45, 7) is 5.03. The number of nitrogens with one attached hydrogen (secondary N) is 2. The molecule has 0 spiro atoms. The highest BCUT2D eigenvalue weighted by atomic mass is 32.2. The fraction of sp³-hybridized carbons (Fsp3) is 0.538. The molecule has 0 saturated carbocycles. The Kier molecular flexibility index (Phi) is 5.79. The summed E-state index contributed by atoms with van der Waals surface area (Å²) in [5.74, 6) is 2.62. The Morgan fingerprint density at radius 1 is 1.29 bits per heavy atom. The largest absolute Gasteiger partial charge is 0.354 e. The molecule has 1 unspecified atom stereocenters. The summed E-state index contributed by atoms with van der Waals surface area (Å²) in [4.78, 5) is 13.2. The normalized spacial score (nSPS) is 12.1. The Morgan fingerprint density at radius 2 is 2.10 bits per heavy atom. The van der Waals surface area contributed by atoms with Gasteiger partial charge in [-0.1, -0.05) is 6.92 Å². The molecule has 0 aliphatic rings. The number of hydrogen-bond donors (Lipinski definition) is 2. The Labute approximate surface area is 129 Å². The molecule has 2 N–H and O–H groups in total. The van der Waals surface area contributed by atoms with Gasteiger partial charge in [0.05, 0.1) is 0 Å². The molecular formula is C13H21N7S. The minimum absolute atomic E-state index is 0.284. The van der Waals surface area contributed by atoms with E-state index in [1.807, 2.05) is 12.3 Å². The van der Waals surface area contributed by atoms with Crippen LogP contribution >= 0.6 is 11.8 Å². The van der Waals surface area contributed by atoms with Gasteiger partial charge in [0.15, 0.2) is 0 Å². The average molecular weight is 307 g/mol. The van der Waals surface area contributed by atoms with Gasteiger partial charge in [0.25, 0.3) is 5.95 Å². The molecule has 0 radical (unpaired) electrons. The monoisotopic (exact) mass is 307 g/mol. The lowest BCUT2D eigenvalue weighted by atomic mass is 10.4. The fourth-order valence-electron chi connectivity index (χ4n) is 1.75. The standard InChI is InChI=1S/C13H21N7S/c1-4-6-14-11-17-12(16-10(2)9-21-3)19-13(18-11)20-8-5-7-15-20/h5,7-8,10H,4,6,9H2,1-3H3,(H2,14,16,17,18,19). The van der Waals surface area contributed by atoms with Crippen LogP contribution in [0.2, 0.25) is 0 Å². The van der Waals surface area contributed by atoms with Gasteiger partial charge in [-0.2, -0.15) is 31.8 Å². The van der Waals surface area contributed by atoms with Gasteiger partial charge in [0.2, 0.25) is 11.9 Å². The highest BCUT2D eigenvalue weighted by Crippen LogP contribution is 2.11. The van der Waals surface area contributed by atoms with Gasteiger partial charge in [0.1, 0.15) is 0 Å². The maximum absolute atomic E-state index is 4.42. The van der Waals surface area contributed by atoms with E-state index in [-0.39, 0.29) is 6.04 Å². The van der Waals surface area contributed by atoms with Gasteiger partial charge in [-0.25, -0.2) is 4.68 Å². The van der Waals surface area contributed by atoms with Crippen LogP contribution in [0, 0.1) is 0 Å². The first-order valence-corrected chi connectivity index (χ1v) is 8.37. The first-order chi connectivity index (χ1) is 10.2. The number of thioether (sulfide) groups is 1. The summed E-state index contributed by atoms with van der Waals surface area (Å²) in [6, 6.07) is 2.12. The second-order valence-corrected chi connectivity index (χ2v) is 5.57. The van der Waals surface area contributed by atoms with E-state index in [1.54, 1.807) is 22.6 Å². The summed E-state index contributed by atoms with van der Waals surface area (Å²) >= 11 is 1.78. The maximum Gasteiger partial charge on any atom is 0.257 e. The van der Waals surface area contributed by atoms with E-state index in [4.69, 9.17) is 0 Å². The van der Waals surface area contributed by atoms with Crippen LogP contribution in [-0.2, 0) is 0 Å². The van der Waals surface area contributed by atoms with Crippen LogP contribution in [0.25, 0.3) is 5.95 Å². The highest BCUT2D eigenvalue weighted by molar-refractivity contribution is 7.98. The topological polar surface area (TPSA) is 80.5 Å². The molecule has 2 aromatic heterocycles. The van der Waals surface area contributed by atoms with E-state index in [2.05, 4.69) is 50.8 Å². The van der Waals surface area contributed by atoms with Crippen molar-refractivity contribution in [1.82, 2.24) is 24.7 Å². The maximum atomic E-state index is 4.42. The predicted octanol–water partition coefficient (Wildman–Crippen LogP) is 2.04. The molecule has 7 nitrogen and oxygen atoms in total. The smallest absolute Gasteiger partial charge is 0.257 e. The molecule has 1 atom stereocenters. The fourth-order valence-corrected chi connectivity index (χ4v) is 2.33. The third-order valence-corrected chi connectivity index (χ3v) is 3.49. The Hall–Kier alpha value is -1.83. The quantitative estimate of drug-likeness (QED) is 0.772. The second kappa shape index (κ2) is 7.82. The van der Waals surface area contributed by atoms with Crippen molar-refractivity contribution in [2.45, 2.75) is 26.3 Å². The summed E-state index contributed by atoms with van der Waals surface area (Å²) in [7, 11) is 0. The molecule has 0 aromatic carbocycles. The van der Waals surface area contributed by atoms with Gasteiger partial charge in [-0.3, -0.25) is 0 Å². The first kappa shape index (κ1) is 15.6. The van der Waals surface area contributed by atoms with E-state index in [9.17, 15) is 0 Å². The lowest BCUT2D eigenvalue weighted by Crippen LogP contribution is -2.21. The minimum atomic E-state index is 0.284. The Bertz CT molecular complexity index is 543. The van der Waals surface area contributed by atoms with Crippen molar-refractivity contribution < 1.29 is 0 Å². The van der Waals surface area contributed by atoms with Crippen LogP contribution in [0.1, 0.15) is 20.3 Å². The molecule has 8 heteroatoms. The highest BCUT2D eigenvalue weighted by Gasteiger charge is 2.10. The number of hydrogen-bond acceptors (Lipinski definition) is 7. The summed E-state index contributed by atoms with van der Waals surface area (Å²) < 4.78 is 1.63. The lowest BCUT2D eigenvalue weighted by Gasteiger charge is -2.14. The zero-order valence-corrected chi connectivity index (χ0v) is 13.4. The number of aromatic nitrogens is 5. The van der Waals surface area contributed by atoms with Crippen LogP contribution in [-0.4, -0.2) is 49.3 Å². The molecule has 0 amide bonds. The van der Waals surface area contributed by atoms with Gasteiger partial charge < -0.3 is 10.6 Å². The SMILES string of the molecule is CCCNc1nc(NC(C)CSC)nc(-n2cccn2)n1. The summed E-state index contributed by atoms with van der Waals surface area (Å²) in [6.07, 6.45) is 6.60. The van der Waals surface area contributed by atoms with Crippen LogP contribution < -0.4 is 10.6 Å². The molecule has 21 heavy (non-hydrogen) atoms. The molecule has 0 saturated heterocycles. The van der Waals surface area contributed by atoms with Crippen molar-refractivity contribution in [3.8, 4) is 5.95 Å². The van der Waals surface area contributed by atoms with Crippen molar-refractivity contribution >= 4 is 23.7 Å². The molecular weight excluding hydrogens is 286 g/mol. The van der Waals surface area contributed by atoms with Gasteiger partial charge in [-0.05, 0) is 25.7 Å². The average Bonchev–Trinajstić information content (AvgIpc) is 2.99. The Balaban J connectivity index is 2.24. The summed E-state index contributed by atoms with van der Waals surface area (Å²) in [5, 5.41) is 10.7. The molecule has 0 aliphatic heterocycles. The molecule has 2 rings (SSSR count). The predicted molar refractivity (Wildman–Crippen MR) is 87.2 cm³/mol. The van der Waals surface area contributed by atoms with Crippen molar-refractivity contribution in [2.24, 2.45) is 0 Å². The van der Waals surface area contributed by atoms with Gasteiger partial charge in [0, 0.05) is 30.7 Å². The van der Waals surface area contributed by atoms with Gasteiger partial charge in [-0.15, -0.1) is 0 Å². The lowest BCUT2D eigenvalue weighted by molar-refractivity contribution is 0.785. The number of anilines is 2. The van der Waals surface area contributed by atoms with Gasteiger partial charge >= 0.3 is 0 Å². The van der Waals surface area contributed by atoms with E-state index in [1.165, 1.54) is 0 Å². The van der Waals surface area contributed by atoms with Crippen LogP contribution in [0.5, 0.6) is 0 Å². The van der Waals surface area contributed by atoms with Crippen molar-refractivity contribution in [3.05, 3.63) is 18.5 Å². The zero-order valence-electron chi connectivity index (χ0n) is 12.6. The molecule has 2 aromatic rings. The van der Waals surface area contributed by atoms with Crippen molar-refractivity contribution in [1.29, 1.82) is 0 Å². The second-order valence-electron chi connectivity index (χ2n) is 4.66. The molecule has 0 bridgehead atoms. The molecule has 0 fully saturated rings. The van der Waals surface area contributed by atoms with E-state index < -0.39 is 0 Å². The molecule has 0 aliphatic carbocycles. The van der Waals surface area contributed by atoms with Crippen LogP contribution in [0.4, 0.5) is 11.9 Å². The number of rotatable bonds is 8. The third kappa shape index (κ3) is 4.59. The Morgan fingerprint density at radius 3 is 2.76 bits per heavy atom.